The molecule has 1 N–H and O–H groups in total. The van der Waals surface area contributed by atoms with Gasteiger partial charge in [0.25, 0.3) is 10.0 Å². The molecule has 2 heterocycles. The van der Waals surface area contributed by atoms with Crippen molar-refractivity contribution in [2.75, 3.05) is 11.8 Å². The molecule has 0 aliphatic carbocycles. The van der Waals surface area contributed by atoms with Crippen LogP contribution in [0.4, 0.5) is 10.3 Å². The fourth-order valence-corrected chi connectivity index (χ4v) is 5.01. The van der Waals surface area contributed by atoms with Gasteiger partial charge in [0.1, 0.15) is 17.3 Å². The molecule has 0 amide bonds. The standard InChI is InChI=1S/C25H17ClFN5O3S/c1-35-23-13-20(15-4-2-5-17(27)10-15)22(26)12-21(23)24-19-7-6-18(11-16(19)14-30-31-24)36(33,34)32-25-28-8-3-9-29-25/h2-14H,1H3,(H,28,29,32). The van der Waals surface area contributed by atoms with E-state index in [1.807, 2.05) is 0 Å². The number of sulfonamides is 1. The van der Waals surface area contributed by atoms with E-state index >= 15 is 0 Å². The molecule has 5 rings (SSSR count). The van der Waals surface area contributed by atoms with E-state index in [0.29, 0.717) is 43.9 Å². The number of ether oxygens (including phenoxy) is 1. The third-order valence-corrected chi connectivity index (χ3v) is 7.05. The van der Waals surface area contributed by atoms with Gasteiger partial charge in [-0.25, -0.2) is 27.5 Å². The van der Waals surface area contributed by atoms with E-state index in [4.69, 9.17) is 16.3 Å². The lowest BCUT2D eigenvalue weighted by Crippen LogP contribution is -2.14. The molecule has 11 heteroatoms. The molecule has 0 atom stereocenters. The highest BCUT2D eigenvalue weighted by Gasteiger charge is 2.20. The van der Waals surface area contributed by atoms with E-state index in [2.05, 4.69) is 24.9 Å². The summed E-state index contributed by atoms with van der Waals surface area (Å²) < 4.78 is 47.4. The topological polar surface area (TPSA) is 107 Å². The van der Waals surface area contributed by atoms with Gasteiger partial charge in [-0.1, -0.05) is 29.8 Å². The number of halogens is 2. The van der Waals surface area contributed by atoms with E-state index in [9.17, 15) is 12.8 Å². The van der Waals surface area contributed by atoms with Gasteiger partial charge in [-0.05, 0) is 48.0 Å². The van der Waals surface area contributed by atoms with Crippen LogP contribution >= 0.6 is 11.6 Å². The summed E-state index contributed by atoms with van der Waals surface area (Å²) in [5.74, 6) is 0.0227. The number of anilines is 1. The second-order valence-electron chi connectivity index (χ2n) is 7.66. The molecule has 0 unspecified atom stereocenters. The average molecular weight is 522 g/mol. The first-order chi connectivity index (χ1) is 17.4. The maximum absolute atomic E-state index is 13.8. The zero-order chi connectivity index (χ0) is 25.3. The van der Waals surface area contributed by atoms with Gasteiger partial charge in [-0.3, -0.25) is 0 Å². The van der Waals surface area contributed by atoms with Crippen molar-refractivity contribution in [2.45, 2.75) is 4.90 Å². The lowest BCUT2D eigenvalue weighted by atomic mass is 9.99. The summed E-state index contributed by atoms with van der Waals surface area (Å²) in [6, 6.07) is 15.6. The summed E-state index contributed by atoms with van der Waals surface area (Å²) in [4.78, 5) is 7.80. The van der Waals surface area contributed by atoms with Crippen LogP contribution in [0, 0.1) is 5.82 Å². The van der Waals surface area contributed by atoms with Crippen LogP contribution < -0.4 is 9.46 Å². The smallest absolute Gasteiger partial charge is 0.264 e. The molecule has 0 bridgehead atoms. The Morgan fingerprint density at radius 2 is 1.78 bits per heavy atom. The molecule has 0 saturated heterocycles. The van der Waals surface area contributed by atoms with Gasteiger partial charge >= 0.3 is 0 Å². The Morgan fingerprint density at radius 1 is 0.972 bits per heavy atom. The van der Waals surface area contributed by atoms with E-state index in [1.165, 1.54) is 50.0 Å². The third-order valence-electron chi connectivity index (χ3n) is 5.41. The van der Waals surface area contributed by atoms with Gasteiger partial charge in [0.05, 0.1) is 18.2 Å². The zero-order valence-electron chi connectivity index (χ0n) is 18.7. The number of rotatable bonds is 6. The maximum atomic E-state index is 13.8. The third kappa shape index (κ3) is 4.56. The lowest BCUT2D eigenvalue weighted by Gasteiger charge is -2.14. The van der Waals surface area contributed by atoms with Gasteiger partial charge in [0.15, 0.2) is 0 Å². The van der Waals surface area contributed by atoms with Crippen LogP contribution in [-0.4, -0.2) is 35.7 Å². The number of hydrogen-bond acceptors (Lipinski definition) is 7. The molecular weight excluding hydrogens is 505 g/mol. The Kier molecular flexibility index (Phi) is 6.21. The number of aromatic nitrogens is 4. The van der Waals surface area contributed by atoms with Crippen molar-refractivity contribution in [3.05, 3.63) is 90.1 Å². The minimum Gasteiger partial charge on any atom is -0.496 e. The molecule has 0 spiro atoms. The van der Waals surface area contributed by atoms with Crippen molar-refractivity contribution in [1.82, 2.24) is 20.2 Å². The molecule has 0 aliphatic rings. The second kappa shape index (κ2) is 9.48. The largest absolute Gasteiger partial charge is 0.496 e. The monoisotopic (exact) mass is 521 g/mol. The number of nitrogens with zero attached hydrogens (tertiary/aromatic N) is 4. The summed E-state index contributed by atoms with van der Waals surface area (Å²) in [5, 5.41) is 9.85. The molecule has 180 valence electrons. The van der Waals surface area contributed by atoms with Crippen molar-refractivity contribution < 1.29 is 17.5 Å². The SMILES string of the molecule is COc1cc(-c2cccc(F)c2)c(Cl)cc1-c1nncc2cc(S(=O)(=O)Nc3ncccn3)ccc12. The summed E-state index contributed by atoms with van der Waals surface area (Å²) in [6.07, 6.45) is 4.34. The number of benzene rings is 3. The summed E-state index contributed by atoms with van der Waals surface area (Å²) in [7, 11) is -2.44. The van der Waals surface area contributed by atoms with Crippen LogP contribution in [0.15, 0.2) is 84.1 Å². The van der Waals surface area contributed by atoms with Crippen LogP contribution in [0.1, 0.15) is 0 Å². The van der Waals surface area contributed by atoms with Gasteiger partial charge < -0.3 is 4.74 Å². The van der Waals surface area contributed by atoms with Crippen LogP contribution in [0.5, 0.6) is 5.75 Å². The summed E-state index contributed by atoms with van der Waals surface area (Å²) in [5.41, 5.74) is 2.18. The van der Waals surface area contributed by atoms with Crippen LogP contribution in [0.25, 0.3) is 33.2 Å². The van der Waals surface area contributed by atoms with E-state index in [-0.39, 0.29) is 16.7 Å². The summed E-state index contributed by atoms with van der Waals surface area (Å²) in [6.45, 7) is 0. The Labute approximate surface area is 210 Å². The van der Waals surface area contributed by atoms with E-state index in [0.717, 1.165) is 0 Å². The summed E-state index contributed by atoms with van der Waals surface area (Å²) >= 11 is 6.58. The van der Waals surface area contributed by atoms with Crippen molar-refractivity contribution >= 4 is 38.3 Å². The minimum atomic E-state index is -3.94. The zero-order valence-corrected chi connectivity index (χ0v) is 20.3. The molecular formula is C25H17ClFN5O3S. The Bertz CT molecular complexity index is 1700. The Hall–Kier alpha value is -4.15. The fraction of sp³-hybridized carbons (Fsp3) is 0.0400. The Balaban J connectivity index is 1.59. The van der Waals surface area contributed by atoms with Crippen LogP contribution in [-0.2, 0) is 10.0 Å². The minimum absolute atomic E-state index is 0.00727. The molecule has 0 saturated carbocycles. The normalized spacial score (nSPS) is 11.4. The quantitative estimate of drug-likeness (QED) is 0.320. The van der Waals surface area contributed by atoms with Crippen molar-refractivity contribution in [3.8, 4) is 28.1 Å². The first kappa shape index (κ1) is 23.6. The number of nitrogens with one attached hydrogen (secondary N) is 1. The van der Waals surface area contributed by atoms with Crippen molar-refractivity contribution in [1.29, 1.82) is 0 Å². The number of hydrogen-bond donors (Lipinski definition) is 1. The molecule has 0 aliphatic heterocycles. The maximum Gasteiger partial charge on any atom is 0.264 e. The fourth-order valence-electron chi connectivity index (χ4n) is 3.75. The Morgan fingerprint density at radius 3 is 2.53 bits per heavy atom. The lowest BCUT2D eigenvalue weighted by molar-refractivity contribution is 0.416. The van der Waals surface area contributed by atoms with E-state index < -0.39 is 10.0 Å². The first-order valence-electron chi connectivity index (χ1n) is 10.5. The van der Waals surface area contributed by atoms with Gasteiger partial charge in [-0.2, -0.15) is 5.10 Å². The van der Waals surface area contributed by atoms with Crippen molar-refractivity contribution in [3.63, 3.8) is 0 Å². The predicted molar refractivity (Wildman–Crippen MR) is 135 cm³/mol. The highest BCUT2D eigenvalue weighted by molar-refractivity contribution is 7.92. The molecule has 2 aromatic heterocycles. The molecule has 8 nitrogen and oxygen atoms in total. The average Bonchev–Trinajstić information content (AvgIpc) is 2.88. The highest BCUT2D eigenvalue weighted by Crippen LogP contribution is 2.40. The first-order valence-corrected chi connectivity index (χ1v) is 12.4. The predicted octanol–water partition coefficient (Wildman–Crippen LogP) is 5.36. The highest BCUT2D eigenvalue weighted by atomic mass is 35.5. The van der Waals surface area contributed by atoms with E-state index in [1.54, 1.807) is 36.4 Å². The van der Waals surface area contributed by atoms with Gasteiger partial charge in [0.2, 0.25) is 5.95 Å². The molecule has 5 aromatic rings. The van der Waals surface area contributed by atoms with Crippen LogP contribution in [0.2, 0.25) is 5.02 Å². The molecule has 0 radical (unpaired) electrons. The molecule has 0 fully saturated rings. The number of methoxy groups -OCH3 is 1. The molecule has 36 heavy (non-hydrogen) atoms. The van der Waals surface area contributed by atoms with Crippen LogP contribution in [0.3, 0.4) is 0 Å². The van der Waals surface area contributed by atoms with Crippen molar-refractivity contribution in [2.24, 2.45) is 0 Å². The van der Waals surface area contributed by atoms with Gasteiger partial charge in [0, 0.05) is 39.3 Å². The van der Waals surface area contributed by atoms with Gasteiger partial charge in [-0.15, -0.1) is 5.10 Å². The number of fused-ring (bicyclic) bond motifs is 1. The molecule has 3 aromatic carbocycles. The second-order valence-corrected chi connectivity index (χ2v) is 9.75.